The Hall–Kier alpha value is -2.07. The van der Waals surface area contributed by atoms with Crippen molar-refractivity contribution in [1.82, 2.24) is 0 Å². The van der Waals surface area contributed by atoms with Gasteiger partial charge >= 0.3 is 0 Å². The average Bonchev–Trinajstić information content (AvgIpc) is 2.47. The number of benzene rings is 2. The number of hydrogen-bond acceptors (Lipinski definition) is 3. The van der Waals surface area contributed by atoms with Gasteiger partial charge in [-0.2, -0.15) is 0 Å². The van der Waals surface area contributed by atoms with Crippen LogP contribution in [0.25, 0.3) is 0 Å². The third-order valence-electron chi connectivity index (χ3n) is 3.42. The Bertz CT molecular complexity index is 611. The minimum Gasteiger partial charge on any atom is -0.497 e. The molecule has 0 amide bonds. The molecular formula is C16H18FNO2. The molecule has 2 rings (SSSR count). The zero-order chi connectivity index (χ0) is 14.8. The topological polar surface area (TPSA) is 44.5 Å². The molecule has 0 saturated carbocycles. The average molecular weight is 275 g/mol. The van der Waals surface area contributed by atoms with Gasteiger partial charge in [-0.25, -0.2) is 4.39 Å². The summed E-state index contributed by atoms with van der Waals surface area (Å²) in [6, 6.07) is 12.2. The van der Waals surface area contributed by atoms with Gasteiger partial charge in [-0.05, 0) is 42.3 Å². The van der Waals surface area contributed by atoms with Crippen LogP contribution >= 0.6 is 0 Å². The van der Waals surface area contributed by atoms with Gasteiger partial charge in [0, 0.05) is 0 Å². The van der Waals surface area contributed by atoms with Crippen molar-refractivity contribution in [2.75, 3.05) is 14.2 Å². The monoisotopic (exact) mass is 275 g/mol. The van der Waals surface area contributed by atoms with Crippen LogP contribution < -0.4 is 15.2 Å². The van der Waals surface area contributed by atoms with Crippen molar-refractivity contribution in [1.29, 1.82) is 0 Å². The van der Waals surface area contributed by atoms with E-state index in [9.17, 15) is 4.39 Å². The molecule has 2 N–H and O–H groups in total. The quantitative estimate of drug-likeness (QED) is 0.932. The van der Waals surface area contributed by atoms with Gasteiger partial charge in [0.2, 0.25) is 0 Å². The fraction of sp³-hybridized carbons (Fsp3) is 0.250. The molecule has 0 fully saturated rings. The maximum Gasteiger partial charge on any atom is 0.165 e. The highest BCUT2D eigenvalue weighted by atomic mass is 19.1. The number of methoxy groups -OCH3 is 2. The number of ether oxygens (including phenoxy) is 2. The van der Waals surface area contributed by atoms with Crippen molar-refractivity contribution >= 4 is 0 Å². The summed E-state index contributed by atoms with van der Waals surface area (Å²) in [5.74, 6) is 0.493. The smallest absolute Gasteiger partial charge is 0.165 e. The van der Waals surface area contributed by atoms with E-state index in [-0.39, 0.29) is 5.75 Å². The van der Waals surface area contributed by atoms with Crippen LogP contribution in [0.1, 0.15) is 18.1 Å². The van der Waals surface area contributed by atoms with E-state index in [1.807, 2.05) is 31.2 Å². The third kappa shape index (κ3) is 2.60. The summed E-state index contributed by atoms with van der Waals surface area (Å²) in [6.45, 7) is 1.84. The molecule has 0 aromatic heterocycles. The summed E-state index contributed by atoms with van der Waals surface area (Å²) in [5.41, 5.74) is 7.08. The molecule has 1 unspecified atom stereocenters. The molecule has 1 atom stereocenters. The van der Waals surface area contributed by atoms with Crippen LogP contribution in [-0.4, -0.2) is 14.2 Å². The molecule has 0 saturated heterocycles. The number of hydrogen-bond donors (Lipinski definition) is 1. The molecule has 20 heavy (non-hydrogen) atoms. The SMILES string of the molecule is COc1cccc(C(C)(N)c2ccc(OC)c(F)c2)c1. The molecule has 2 aromatic rings. The lowest BCUT2D eigenvalue weighted by Crippen LogP contribution is -2.34. The third-order valence-corrected chi connectivity index (χ3v) is 3.42. The molecule has 0 aliphatic heterocycles. The van der Waals surface area contributed by atoms with Crippen LogP contribution in [0.5, 0.6) is 11.5 Å². The predicted octanol–water partition coefficient (Wildman–Crippen LogP) is 3.07. The first kappa shape index (κ1) is 14.3. The van der Waals surface area contributed by atoms with Gasteiger partial charge in [-0.15, -0.1) is 0 Å². The van der Waals surface area contributed by atoms with Crippen LogP contribution in [0, 0.1) is 5.82 Å². The molecule has 3 nitrogen and oxygen atoms in total. The van der Waals surface area contributed by atoms with Crippen molar-refractivity contribution < 1.29 is 13.9 Å². The lowest BCUT2D eigenvalue weighted by Gasteiger charge is -2.26. The molecule has 0 spiro atoms. The largest absolute Gasteiger partial charge is 0.497 e. The predicted molar refractivity (Wildman–Crippen MR) is 76.6 cm³/mol. The van der Waals surface area contributed by atoms with E-state index in [1.165, 1.54) is 13.2 Å². The second-order valence-electron chi connectivity index (χ2n) is 4.78. The number of halogens is 1. The first-order valence-electron chi connectivity index (χ1n) is 6.26. The van der Waals surface area contributed by atoms with Crippen molar-refractivity contribution in [3.05, 3.63) is 59.4 Å². The van der Waals surface area contributed by atoms with Gasteiger partial charge in [0.25, 0.3) is 0 Å². The van der Waals surface area contributed by atoms with Crippen LogP contribution in [0.4, 0.5) is 4.39 Å². The van der Waals surface area contributed by atoms with Crippen LogP contribution in [0.2, 0.25) is 0 Å². The summed E-state index contributed by atoms with van der Waals surface area (Å²) >= 11 is 0. The van der Waals surface area contributed by atoms with E-state index in [1.54, 1.807) is 19.2 Å². The van der Waals surface area contributed by atoms with Crippen LogP contribution in [-0.2, 0) is 5.54 Å². The molecular weight excluding hydrogens is 257 g/mol. The second-order valence-corrected chi connectivity index (χ2v) is 4.78. The lowest BCUT2D eigenvalue weighted by atomic mass is 9.85. The first-order chi connectivity index (χ1) is 9.48. The van der Waals surface area contributed by atoms with E-state index in [0.717, 1.165) is 5.56 Å². The highest BCUT2D eigenvalue weighted by Gasteiger charge is 2.25. The first-order valence-corrected chi connectivity index (χ1v) is 6.26. The maximum absolute atomic E-state index is 13.8. The van der Waals surface area contributed by atoms with Crippen molar-refractivity contribution in [2.45, 2.75) is 12.5 Å². The summed E-state index contributed by atoms with van der Waals surface area (Å²) in [5, 5.41) is 0. The van der Waals surface area contributed by atoms with E-state index in [4.69, 9.17) is 15.2 Å². The Kier molecular flexibility index (Phi) is 3.95. The van der Waals surface area contributed by atoms with Crippen molar-refractivity contribution in [3.8, 4) is 11.5 Å². The minimum absolute atomic E-state index is 0.204. The van der Waals surface area contributed by atoms with Crippen LogP contribution in [0.3, 0.4) is 0 Å². The molecule has 0 heterocycles. The summed E-state index contributed by atoms with van der Waals surface area (Å²) in [4.78, 5) is 0. The summed E-state index contributed by atoms with van der Waals surface area (Å²) in [7, 11) is 3.03. The minimum atomic E-state index is -0.818. The standard InChI is InChI=1S/C16H18FNO2/c1-16(18,11-5-4-6-13(9-11)19-2)12-7-8-15(20-3)14(17)10-12/h4-10H,18H2,1-3H3. The highest BCUT2D eigenvalue weighted by molar-refractivity contribution is 5.42. The number of nitrogens with two attached hydrogens (primary N) is 1. The van der Waals surface area contributed by atoms with Gasteiger partial charge in [-0.3, -0.25) is 0 Å². The molecule has 0 aliphatic carbocycles. The zero-order valence-corrected chi connectivity index (χ0v) is 11.8. The fourth-order valence-corrected chi connectivity index (χ4v) is 2.10. The molecule has 106 valence electrons. The van der Waals surface area contributed by atoms with E-state index >= 15 is 0 Å². The molecule has 2 aromatic carbocycles. The van der Waals surface area contributed by atoms with E-state index in [0.29, 0.717) is 11.3 Å². The van der Waals surface area contributed by atoms with Gasteiger partial charge < -0.3 is 15.2 Å². The Labute approximate surface area is 118 Å². The Morgan fingerprint density at radius 1 is 1.00 bits per heavy atom. The Morgan fingerprint density at radius 2 is 1.70 bits per heavy atom. The van der Waals surface area contributed by atoms with Crippen molar-refractivity contribution in [2.24, 2.45) is 5.73 Å². The molecule has 0 radical (unpaired) electrons. The zero-order valence-electron chi connectivity index (χ0n) is 11.8. The molecule has 4 heteroatoms. The highest BCUT2D eigenvalue weighted by Crippen LogP contribution is 2.31. The maximum atomic E-state index is 13.8. The van der Waals surface area contributed by atoms with Gasteiger partial charge in [-0.1, -0.05) is 18.2 Å². The Balaban J connectivity index is 2.45. The fourth-order valence-electron chi connectivity index (χ4n) is 2.10. The van der Waals surface area contributed by atoms with Gasteiger partial charge in [0.1, 0.15) is 5.75 Å². The molecule has 0 bridgehead atoms. The summed E-state index contributed by atoms with van der Waals surface area (Å²) in [6.07, 6.45) is 0. The van der Waals surface area contributed by atoms with Crippen LogP contribution in [0.15, 0.2) is 42.5 Å². The Morgan fingerprint density at radius 3 is 2.30 bits per heavy atom. The van der Waals surface area contributed by atoms with Crippen molar-refractivity contribution in [3.63, 3.8) is 0 Å². The van der Waals surface area contributed by atoms with E-state index < -0.39 is 11.4 Å². The van der Waals surface area contributed by atoms with E-state index in [2.05, 4.69) is 0 Å². The molecule has 0 aliphatic rings. The lowest BCUT2D eigenvalue weighted by molar-refractivity contribution is 0.385. The van der Waals surface area contributed by atoms with Gasteiger partial charge in [0.15, 0.2) is 11.6 Å². The summed E-state index contributed by atoms with van der Waals surface area (Å²) < 4.78 is 24.0. The second kappa shape index (κ2) is 5.51. The number of rotatable bonds is 4. The normalized spacial score (nSPS) is 13.7. The van der Waals surface area contributed by atoms with Gasteiger partial charge in [0.05, 0.1) is 19.8 Å².